The van der Waals surface area contributed by atoms with Crippen LogP contribution in [0.5, 0.6) is 5.75 Å². The number of nitrogens with two attached hydrogens (primary N) is 1. The molecule has 5 heteroatoms. The first-order valence-electron chi connectivity index (χ1n) is 8.69. The van der Waals surface area contributed by atoms with E-state index in [-0.39, 0.29) is 5.78 Å². The molecule has 0 unspecified atom stereocenters. The third-order valence-electron chi connectivity index (χ3n) is 4.30. The molecule has 134 valence electrons. The van der Waals surface area contributed by atoms with Crippen LogP contribution in [0.15, 0.2) is 66.7 Å². The molecule has 0 aliphatic heterocycles. The zero-order valence-corrected chi connectivity index (χ0v) is 15.6. The van der Waals surface area contributed by atoms with Gasteiger partial charge in [-0.05, 0) is 43.3 Å². The van der Waals surface area contributed by atoms with E-state index in [1.54, 1.807) is 24.3 Å². The van der Waals surface area contributed by atoms with E-state index < -0.39 is 0 Å². The van der Waals surface area contributed by atoms with Crippen LogP contribution in [0.4, 0.5) is 5.69 Å². The first-order chi connectivity index (χ1) is 13.2. The number of nitrogen functional groups attached to an aromatic ring is 1. The molecule has 0 atom stereocenters. The lowest BCUT2D eigenvalue weighted by atomic mass is 10.1. The zero-order valence-electron chi connectivity index (χ0n) is 14.8. The van der Waals surface area contributed by atoms with E-state index in [9.17, 15) is 4.79 Å². The molecule has 0 radical (unpaired) electrons. The largest absolute Gasteiger partial charge is 0.494 e. The molecular formula is C22H18N2O2S. The topological polar surface area (TPSA) is 65.2 Å². The van der Waals surface area contributed by atoms with E-state index in [2.05, 4.69) is 0 Å². The van der Waals surface area contributed by atoms with Crippen molar-refractivity contribution in [1.82, 2.24) is 4.98 Å². The molecule has 2 N–H and O–H groups in total. The molecule has 0 aliphatic rings. The van der Waals surface area contributed by atoms with Crippen molar-refractivity contribution in [3.8, 4) is 17.0 Å². The van der Waals surface area contributed by atoms with E-state index in [1.165, 1.54) is 11.3 Å². The molecule has 0 amide bonds. The fourth-order valence-corrected chi connectivity index (χ4v) is 3.99. The summed E-state index contributed by atoms with van der Waals surface area (Å²) < 4.78 is 5.43. The molecule has 4 aromatic rings. The van der Waals surface area contributed by atoms with Crippen molar-refractivity contribution in [3.63, 3.8) is 0 Å². The van der Waals surface area contributed by atoms with Crippen LogP contribution in [0.1, 0.15) is 22.2 Å². The van der Waals surface area contributed by atoms with Crippen molar-refractivity contribution in [2.75, 3.05) is 12.3 Å². The lowest BCUT2D eigenvalue weighted by molar-refractivity contribution is 0.104. The Bertz CT molecular complexity index is 1100. The van der Waals surface area contributed by atoms with E-state index in [4.69, 9.17) is 15.5 Å². The number of fused-ring (bicyclic) bond motifs is 1. The van der Waals surface area contributed by atoms with Gasteiger partial charge in [0.1, 0.15) is 15.5 Å². The van der Waals surface area contributed by atoms with Crippen LogP contribution < -0.4 is 10.5 Å². The molecule has 0 saturated carbocycles. The normalized spacial score (nSPS) is 10.9. The van der Waals surface area contributed by atoms with Gasteiger partial charge < -0.3 is 10.5 Å². The number of anilines is 1. The first kappa shape index (κ1) is 17.2. The summed E-state index contributed by atoms with van der Waals surface area (Å²) in [6.45, 7) is 2.51. The molecule has 4 nitrogen and oxygen atoms in total. The van der Waals surface area contributed by atoms with Crippen LogP contribution in [0.2, 0.25) is 0 Å². The molecular weight excluding hydrogens is 356 g/mol. The highest BCUT2D eigenvalue weighted by Crippen LogP contribution is 2.35. The van der Waals surface area contributed by atoms with Crippen LogP contribution in [0.25, 0.3) is 21.5 Å². The Morgan fingerprint density at radius 1 is 1.04 bits per heavy atom. The predicted octanol–water partition coefficient (Wildman–Crippen LogP) is 5.18. The van der Waals surface area contributed by atoms with Gasteiger partial charge in [0.25, 0.3) is 0 Å². The Hall–Kier alpha value is -3.18. The van der Waals surface area contributed by atoms with Crippen LogP contribution in [-0.4, -0.2) is 17.4 Å². The first-order valence-corrected chi connectivity index (χ1v) is 9.51. The van der Waals surface area contributed by atoms with Gasteiger partial charge in [0.05, 0.1) is 18.0 Å². The number of ether oxygens (including phenoxy) is 1. The summed E-state index contributed by atoms with van der Waals surface area (Å²) in [5.74, 6) is 0.646. The number of nitrogens with zero attached hydrogens (tertiary/aromatic N) is 1. The van der Waals surface area contributed by atoms with Crippen molar-refractivity contribution in [2.45, 2.75) is 6.92 Å². The van der Waals surface area contributed by atoms with E-state index in [0.717, 1.165) is 27.2 Å². The van der Waals surface area contributed by atoms with Gasteiger partial charge in [-0.15, -0.1) is 11.3 Å². The van der Waals surface area contributed by atoms with Crippen molar-refractivity contribution in [3.05, 3.63) is 77.2 Å². The van der Waals surface area contributed by atoms with Crippen molar-refractivity contribution < 1.29 is 9.53 Å². The third-order valence-corrected chi connectivity index (χ3v) is 5.41. The highest BCUT2D eigenvalue weighted by Gasteiger charge is 2.19. The molecule has 27 heavy (non-hydrogen) atoms. The van der Waals surface area contributed by atoms with E-state index >= 15 is 0 Å². The molecule has 0 saturated heterocycles. The molecule has 2 aromatic heterocycles. The van der Waals surface area contributed by atoms with Crippen molar-refractivity contribution in [2.24, 2.45) is 0 Å². The Labute approximate surface area is 161 Å². The summed E-state index contributed by atoms with van der Waals surface area (Å²) in [4.78, 5) is 18.9. The highest BCUT2D eigenvalue weighted by molar-refractivity contribution is 7.21. The number of carbonyl (C=O) groups is 1. The van der Waals surface area contributed by atoms with E-state index in [1.807, 2.05) is 49.4 Å². The van der Waals surface area contributed by atoms with Gasteiger partial charge in [-0.3, -0.25) is 4.79 Å². The van der Waals surface area contributed by atoms with E-state index in [0.29, 0.717) is 22.7 Å². The number of ketones is 1. The van der Waals surface area contributed by atoms with Crippen molar-refractivity contribution in [1.29, 1.82) is 0 Å². The number of carbonyl (C=O) groups excluding carboxylic acids is 1. The number of hydrogen-bond donors (Lipinski definition) is 1. The fraction of sp³-hybridized carbons (Fsp3) is 0.0909. The summed E-state index contributed by atoms with van der Waals surface area (Å²) in [5, 5.41) is 0.814. The summed E-state index contributed by atoms with van der Waals surface area (Å²) in [7, 11) is 0. The van der Waals surface area contributed by atoms with Gasteiger partial charge in [-0.1, -0.05) is 30.3 Å². The Kier molecular flexibility index (Phi) is 4.60. The number of thiophene rings is 1. The highest BCUT2D eigenvalue weighted by atomic mass is 32.1. The van der Waals surface area contributed by atoms with Gasteiger partial charge in [0, 0.05) is 16.5 Å². The molecule has 2 aromatic carbocycles. The average Bonchev–Trinajstić information content (AvgIpc) is 3.05. The van der Waals surface area contributed by atoms with Gasteiger partial charge in [0.15, 0.2) is 0 Å². The maximum atomic E-state index is 12.9. The number of aromatic nitrogens is 1. The second-order valence-corrected chi connectivity index (χ2v) is 7.05. The average molecular weight is 374 g/mol. The number of benzene rings is 2. The van der Waals surface area contributed by atoms with Crippen LogP contribution in [0.3, 0.4) is 0 Å². The number of hydrogen-bond acceptors (Lipinski definition) is 5. The van der Waals surface area contributed by atoms with Crippen LogP contribution in [-0.2, 0) is 0 Å². The number of rotatable bonds is 5. The molecule has 4 rings (SSSR count). The van der Waals surface area contributed by atoms with Gasteiger partial charge in [-0.25, -0.2) is 4.98 Å². The minimum absolute atomic E-state index is 0.0974. The second-order valence-electron chi connectivity index (χ2n) is 6.05. The fourth-order valence-electron chi connectivity index (χ4n) is 2.94. The lowest BCUT2D eigenvalue weighted by Gasteiger charge is -2.04. The molecule has 0 spiro atoms. The van der Waals surface area contributed by atoms with Crippen molar-refractivity contribution >= 4 is 33.0 Å². The standard InChI is InChI=1S/C22H18N2O2S/c1-2-26-16-10-8-15(9-11-16)20(25)21-19(23)17-12-13-18(24-22(17)27-21)14-6-4-3-5-7-14/h3-13H,2,23H2,1H3. The SMILES string of the molecule is CCOc1ccc(C(=O)c2sc3nc(-c4ccccc4)ccc3c2N)cc1. The maximum absolute atomic E-state index is 12.9. The smallest absolute Gasteiger partial charge is 0.205 e. The van der Waals surface area contributed by atoms with Gasteiger partial charge in [0.2, 0.25) is 5.78 Å². The molecule has 2 heterocycles. The van der Waals surface area contributed by atoms with Crippen LogP contribution in [0, 0.1) is 0 Å². The maximum Gasteiger partial charge on any atom is 0.205 e. The summed E-state index contributed by atoms with van der Waals surface area (Å²) in [5.41, 5.74) is 9.24. The zero-order chi connectivity index (χ0) is 18.8. The minimum atomic E-state index is -0.0974. The minimum Gasteiger partial charge on any atom is -0.494 e. The summed E-state index contributed by atoms with van der Waals surface area (Å²) >= 11 is 1.33. The summed E-state index contributed by atoms with van der Waals surface area (Å²) in [6.07, 6.45) is 0. The Morgan fingerprint density at radius 2 is 1.78 bits per heavy atom. The molecule has 0 fully saturated rings. The quantitative estimate of drug-likeness (QED) is 0.489. The Morgan fingerprint density at radius 3 is 2.48 bits per heavy atom. The van der Waals surface area contributed by atoms with Gasteiger partial charge in [-0.2, -0.15) is 0 Å². The number of pyridine rings is 1. The second kappa shape index (κ2) is 7.21. The molecule has 0 bridgehead atoms. The Balaban J connectivity index is 1.71. The lowest BCUT2D eigenvalue weighted by Crippen LogP contribution is -2.02. The predicted molar refractivity (Wildman–Crippen MR) is 111 cm³/mol. The molecule has 0 aliphatic carbocycles. The van der Waals surface area contributed by atoms with Gasteiger partial charge >= 0.3 is 0 Å². The third kappa shape index (κ3) is 3.29. The summed E-state index contributed by atoms with van der Waals surface area (Å²) in [6, 6.07) is 20.9. The monoisotopic (exact) mass is 374 g/mol. The van der Waals surface area contributed by atoms with Crippen LogP contribution >= 0.6 is 11.3 Å².